The van der Waals surface area contributed by atoms with Crippen LogP contribution in [0, 0.1) is 5.92 Å². The van der Waals surface area contributed by atoms with Gasteiger partial charge in [0.1, 0.15) is 5.82 Å². The summed E-state index contributed by atoms with van der Waals surface area (Å²) >= 11 is 0. The molecule has 1 aliphatic carbocycles. The monoisotopic (exact) mass is 209 g/mol. The Morgan fingerprint density at radius 1 is 1.60 bits per heavy atom. The summed E-state index contributed by atoms with van der Waals surface area (Å²) in [7, 11) is 1.71. The molecule has 0 aliphatic heterocycles. The molecular formula is C11H19N3O. The van der Waals surface area contributed by atoms with Crippen LogP contribution in [0.5, 0.6) is 0 Å². The summed E-state index contributed by atoms with van der Waals surface area (Å²) in [5.41, 5.74) is 1.17. The van der Waals surface area contributed by atoms with Crippen molar-refractivity contribution in [2.75, 3.05) is 20.3 Å². The van der Waals surface area contributed by atoms with Crippen LogP contribution in [0.15, 0.2) is 6.20 Å². The van der Waals surface area contributed by atoms with Gasteiger partial charge in [0.2, 0.25) is 0 Å². The molecule has 0 atom stereocenters. The molecule has 2 rings (SSSR count). The number of ether oxygens (including phenoxy) is 1. The molecule has 1 aliphatic rings. The van der Waals surface area contributed by atoms with E-state index in [9.17, 15) is 0 Å². The average Bonchev–Trinajstić information content (AvgIpc) is 2.93. The molecule has 0 bridgehead atoms. The summed E-state index contributed by atoms with van der Waals surface area (Å²) in [6.07, 6.45) is 5.81. The topological polar surface area (TPSA) is 49.9 Å². The van der Waals surface area contributed by atoms with Crippen LogP contribution in [-0.2, 0) is 17.7 Å². The molecule has 0 saturated heterocycles. The standard InChI is InChI=1S/C11H19N3O/c1-15-5-4-12-7-10-8-13-11(14-10)6-9-2-3-9/h8-9,12H,2-7H2,1H3,(H,13,14). The van der Waals surface area contributed by atoms with E-state index in [1.54, 1.807) is 7.11 Å². The summed E-state index contributed by atoms with van der Waals surface area (Å²) < 4.78 is 4.96. The van der Waals surface area contributed by atoms with E-state index in [1.807, 2.05) is 6.20 Å². The van der Waals surface area contributed by atoms with Gasteiger partial charge in [-0.1, -0.05) is 0 Å². The van der Waals surface area contributed by atoms with Gasteiger partial charge in [-0.3, -0.25) is 0 Å². The van der Waals surface area contributed by atoms with Gasteiger partial charge in [0.15, 0.2) is 0 Å². The number of hydrogen-bond acceptors (Lipinski definition) is 3. The Bertz CT molecular complexity index is 294. The number of nitrogens with zero attached hydrogens (tertiary/aromatic N) is 1. The van der Waals surface area contributed by atoms with E-state index in [2.05, 4.69) is 15.3 Å². The lowest BCUT2D eigenvalue weighted by Gasteiger charge is -2.01. The molecule has 4 nitrogen and oxygen atoms in total. The molecule has 1 fully saturated rings. The Morgan fingerprint density at radius 3 is 3.20 bits per heavy atom. The Balaban J connectivity index is 1.69. The Kier molecular flexibility index (Phi) is 3.75. The number of methoxy groups -OCH3 is 1. The molecule has 2 N–H and O–H groups in total. The fraction of sp³-hybridized carbons (Fsp3) is 0.727. The van der Waals surface area contributed by atoms with E-state index in [1.165, 1.54) is 18.5 Å². The number of rotatable bonds is 7. The lowest BCUT2D eigenvalue weighted by molar-refractivity contribution is 0.199. The number of imidazole rings is 1. The summed E-state index contributed by atoms with van der Waals surface area (Å²) in [5.74, 6) is 2.03. The molecule has 1 heterocycles. The molecule has 1 saturated carbocycles. The van der Waals surface area contributed by atoms with Crippen molar-refractivity contribution in [3.05, 3.63) is 17.7 Å². The zero-order valence-electron chi connectivity index (χ0n) is 9.25. The summed E-state index contributed by atoms with van der Waals surface area (Å²) in [5, 5.41) is 3.29. The van der Waals surface area contributed by atoms with Crippen molar-refractivity contribution in [3.8, 4) is 0 Å². The first-order valence-corrected chi connectivity index (χ1v) is 5.61. The summed E-state index contributed by atoms with van der Waals surface area (Å²) in [6, 6.07) is 0. The first-order chi connectivity index (χ1) is 7.38. The molecule has 4 heteroatoms. The van der Waals surface area contributed by atoms with Gasteiger partial charge in [-0.2, -0.15) is 0 Å². The first-order valence-electron chi connectivity index (χ1n) is 5.61. The van der Waals surface area contributed by atoms with Crippen LogP contribution in [0.1, 0.15) is 24.4 Å². The highest BCUT2D eigenvalue weighted by Crippen LogP contribution is 2.31. The molecular weight excluding hydrogens is 190 g/mol. The van der Waals surface area contributed by atoms with Crippen molar-refractivity contribution in [1.82, 2.24) is 15.3 Å². The van der Waals surface area contributed by atoms with Crippen molar-refractivity contribution in [2.24, 2.45) is 5.92 Å². The average molecular weight is 209 g/mol. The molecule has 15 heavy (non-hydrogen) atoms. The third kappa shape index (κ3) is 3.64. The second kappa shape index (κ2) is 5.28. The van der Waals surface area contributed by atoms with Crippen LogP contribution in [-0.4, -0.2) is 30.2 Å². The van der Waals surface area contributed by atoms with Crippen molar-refractivity contribution in [3.63, 3.8) is 0 Å². The maximum absolute atomic E-state index is 4.96. The van der Waals surface area contributed by atoms with Crippen LogP contribution in [0.4, 0.5) is 0 Å². The second-order valence-corrected chi connectivity index (χ2v) is 4.17. The van der Waals surface area contributed by atoms with Gasteiger partial charge in [0.25, 0.3) is 0 Å². The predicted molar refractivity (Wildman–Crippen MR) is 58.6 cm³/mol. The Hall–Kier alpha value is -0.870. The number of hydrogen-bond donors (Lipinski definition) is 2. The van der Waals surface area contributed by atoms with E-state index < -0.39 is 0 Å². The first kappa shape index (κ1) is 10.6. The van der Waals surface area contributed by atoms with Gasteiger partial charge in [0.05, 0.1) is 6.61 Å². The maximum Gasteiger partial charge on any atom is 0.106 e. The minimum atomic E-state index is 0.753. The Morgan fingerprint density at radius 2 is 2.47 bits per heavy atom. The van der Waals surface area contributed by atoms with Gasteiger partial charge in [-0.05, 0) is 18.8 Å². The summed E-state index contributed by atoms with van der Waals surface area (Å²) in [4.78, 5) is 7.72. The number of aromatic nitrogens is 2. The minimum Gasteiger partial charge on any atom is -0.383 e. The van der Waals surface area contributed by atoms with Crippen LogP contribution < -0.4 is 5.32 Å². The number of nitrogens with one attached hydrogen (secondary N) is 2. The second-order valence-electron chi connectivity index (χ2n) is 4.17. The van der Waals surface area contributed by atoms with Crippen LogP contribution in [0.3, 0.4) is 0 Å². The van der Waals surface area contributed by atoms with Crippen molar-refractivity contribution in [1.29, 1.82) is 0 Å². The fourth-order valence-electron chi connectivity index (χ4n) is 1.59. The molecule has 0 amide bonds. The summed E-state index contributed by atoms with van der Waals surface area (Å²) in [6.45, 7) is 2.48. The highest BCUT2D eigenvalue weighted by atomic mass is 16.5. The number of aromatic amines is 1. The molecule has 0 aromatic carbocycles. The highest BCUT2D eigenvalue weighted by molar-refractivity contribution is 5.02. The SMILES string of the molecule is COCCNCc1cnc(CC2CC2)[nH]1. The van der Waals surface area contributed by atoms with E-state index in [0.29, 0.717) is 0 Å². The van der Waals surface area contributed by atoms with Crippen molar-refractivity contribution >= 4 is 0 Å². The van der Waals surface area contributed by atoms with Gasteiger partial charge in [0, 0.05) is 38.5 Å². The van der Waals surface area contributed by atoms with E-state index in [-0.39, 0.29) is 0 Å². The zero-order valence-corrected chi connectivity index (χ0v) is 9.25. The normalized spacial score (nSPS) is 15.8. The van der Waals surface area contributed by atoms with Crippen molar-refractivity contribution in [2.45, 2.75) is 25.8 Å². The van der Waals surface area contributed by atoms with E-state index >= 15 is 0 Å². The lowest BCUT2D eigenvalue weighted by atomic mass is 10.3. The lowest BCUT2D eigenvalue weighted by Crippen LogP contribution is -2.18. The quantitative estimate of drug-likeness (QED) is 0.661. The Labute approximate surface area is 90.4 Å². The predicted octanol–water partition coefficient (Wildman–Crippen LogP) is 1.10. The molecule has 1 aromatic rings. The molecule has 1 aromatic heterocycles. The smallest absolute Gasteiger partial charge is 0.106 e. The third-order valence-corrected chi connectivity index (χ3v) is 2.66. The molecule has 0 unspecified atom stereocenters. The van der Waals surface area contributed by atoms with Gasteiger partial charge in [-0.25, -0.2) is 4.98 Å². The molecule has 0 spiro atoms. The maximum atomic E-state index is 4.96. The largest absolute Gasteiger partial charge is 0.383 e. The zero-order chi connectivity index (χ0) is 10.5. The van der Waals surface area contributed by atoms with Crippen LogP contribution >= 0.6 is 0 Å². The van der Waals surface area contributed by atoms with E-state index in [4.69, 9.17) is 4.74 Å². The van der Waals surface area contributed by atoms with Crippen LogP contribution in [0.2, 0.25) is 0 Å². The number of H-pyrrole nitrogens is 1. The van der Waals surface area contributed by atoms with Gasteiger partial charge >= 0.3 is 0 Å². The minimum absolute atomic E-state index is 0.753. The van der Waals surface area contributed by atoms with Gasteiger partial charge in [-0.15, -0.1) is 0 Å². The van der Waals surface area contributed by atoms with Crippen molar-refractivity contribution < 1.29 is 4.74 Å². The third-order valence-electron chi connectivity index (χ3n) is 2.66. The molecule has 84 valence electrons. The molecule has 0 radical (unpaired) electrons. The van der Waals surface area contributed by atoms with Gasteiger partial charge < -0.3 is 15.0 Å². The van der Waals surface area contributed by atoms with E-state index in [0.717, 1.165) is 37.9 Å². The van der Waals surface area contributed by atoms with Crippen LogP contribution in [0.25, 0.3) is 0 Å². The fourth-order valence-corrected chi connectivity index (χ4v) is 1.59. The highest BCUT2D eigenvalue weighted by Gasteiger charge is 2.22.